The Morgan fingerprint density at radius 1 is 1.26 bits per heavy atom. The molecule has 0 saturated carbocycles. The number of rotatable bonds is 3. The molecule has 2 heterocycles. The minimum Gasteiger partial charge on any atom is -0.296 e. The molecule has 3 rings (SSSR count). The maximum absolute atomic E-state index is 14.9. The van der Waals surface area contributed by atoms with Gasteiger partial charge in [0, 0.05) is 25.3 Å². The van der Waals surface area contributed by atoms with Crippen molar-refractivity contribution in [3.63, 3.8) is 0 Å². The van der Waals surface area contributed by atoms with E-state index in [-0.39, 0.29) is 11.3 Å². The van der Waals surface area contributed by atoms with E-state index in [1.165, 1.54) is 17.7 Å². The van der Waals surface area contributed by atoms with Crippen molar-refractivity contribution in [3.8, 4) is 5.69 Å². The molecule has 1 aliphatic rings. The number of benzene rings is 1. The summed E-state index contributed by atoms with van der Waals surface area (Å²) in [5.41, 5.74) is -1.61. The molecule has 4 nitrogen and oxygen atoms in total. The summed E-state index contributed by atoms with van der Waals surface area (Å²) in [7, 11) is 1.25. The van der Waals surface area contributed by atoms with Crippen LogP contribution in [0.3, 0.4) is 0 Å². The predicted octanol–water partition coefficient (Wildman–Crippen LogP) is 4.31. The Morgan fingerprint density at radius 2 is 1.96 bits per heavy atom. The van der Waals surface area contributed by atoms with E-state index in [2.05, 4.69) is 21.8 Å². The molecular weight excluding hydrogens is 367 g/mol. The van der Waals surface area contributed by atoms with Crippen LogP contribution < -0.4 is 0 Å². The summed E-state index contributed by atoms with van der Waals surface area (Å²) in [6.45, 7) is 4.43. The highest BCUT2D eigenvalue weighted by atomic mass is 19.4. The van der Waals surface area contributed by atoms with Crippen LogP contribution in [0.15, 0.2) is 35.1 Å². The van der Waals surface area contributed by atoms with Crippen LogP contribution in [0.5, 0.6) is 0 Å². The van der Waals surface area contributed by atoms with E-state index in [1.54, 1.807) is 6.92 Å². The Morgan fingerprint density at radius 3 is 2.56 bits per heavy atom. The molecule has 0 spiro atoms. The Kier molecular flexibility index (Phi) is 4.71. The third-order valence-electron chi connectivity index (χ3n) is 4.27. The highest BCUT2D eigenvalue weighted by Crippen LogP contribution is 2.38. The van der Waals surface area contributed by atoms with E-state index in [0.29, 0.717) is 30.1 Å². The summed E-state index contributed by atoms with van der Waals surface area (Å²) < 4.78 is 70.1. The quantitative estimate of drug-likeness (QED) is 0.451. The number of hydrogen-bond donors (Lipinski definition) is 0. The SMILES string of the molecule is C=C(F)/C(=C(\C=NC)c1cc(F)c2c(c1)CCc1nnc(C)n1-2)C(F)(F)F. The minimum atomic E-state index is -5.01. The lowest BCUT2D eigenvalue weighted by Gasteiger charge is -2.21. The van der Waals surface area contributed by atoms with Crippen molar-refractivity contribution in [3.05, 3.63) is 58.7 Å². The van der Waals surface area contributed by atoms with Gasteiger partial charge in [-0.1, -0.05) is 6.58 Å². The van der Waals surface area contributed by atoms with Crippen molar-refractivity contribution in [2.45, 2.75) is 25.9 Å². The molecule has 0 amide bonds. The van der Waals surface area contributed by atoms with Crippen molar-refractivity contribution < 1.29 is 22.0 Å². The van der Waals surface area contributed by atoms with E-state index in [1.807, 2.05) is 0 Å². The minimum absolute atomic E-state index is 0.128. The number of aryl methyl sites for hydroxylation is 3. The molecule has 0 radical (unpaired) electrons. The first-order valence-electron chi connectivity index (χ1n) is 7.97. The fourth-order valence-electron chi connectivity index (χ4n) is 3.22. The van der Waals surface area contributed by atoms with Crippen LogP contribution in [0.1, 0.15) is 22.8 Å². The molecule has 27 heavy (non-hydrogen) atoms. The van der Waals surface area contributed by atoms with E-state index >= 15 is 0 Å². The van der Waals surface area contributed by atoms with Crippen LogP contribution >= 0.6 is 0 Å². The molecule has 0 bridgehead atoms. The summed E-state index contributed by atoms with van der Waals surface area (Å²) >= 11 is 0. The van der Waals surface area contributed by atoms with Gasteiger partial charge < -0.3 is 0 Å². The van der Waals surface area contributed by atoms with Gasteiger partial charge in [-0.15, -0.1) is 10.2 Å². The van der Waals surface area contributed by atoms with Crippen LogP contribution in [0.2, 0.25) is 0 Å². The summed E-state index contributed by atoms with van der Waals surface area (Å²) in [4.78, 5) is 3.57. The Bertz CT molecular complexity index is 982. The molecule has 0 unspecified atom stereocenters. The van der Waals surface area contributed by atoms with Gasteiger partial charge in [0.2, 0.25) is 0 Å². The van der Waals surface area contributed by atoms with E-state index < -0.39 is 29.0 Å². The molecule has 0 saturated heterocycles. The molecule has 1 aromatic carbocycles. The lowest BCUT2D eigenvalue weighted by atomic mass is 9.93. The largest absolute Gasteiger partial charge is 0.419 e. The van der Waals surface area contributed by atoms with Crippen LogP contribution in [0.4, 0.5) is 22.0 Å². The van der Waals surface area contributed by atoms with Gasteiger partial charge in [0.05, 0.1) is 11.3 Å². The molecule has 0 atom stereocenters. The second kappa shape index (κ2) is 6.71. The molecular formula is C18H15F5N4. The summed E-state index contributed by atoms with van der Waals surface area (Å²) in [5, 5.41) is 7.89. The first-order valence-corrected chi connectivity index (χ1v) is 7.97. The highest BCUT2D eigenvalue weighted by molar-refractivity contribution is 6.12. The topological polar surface area (TPSA) is 43.1 Å². The van der Waals surface area contributed by atoms with Gasteiger partial charge in [0.25, 0.3) is 0 Å². The van der Waals surface area contributed by atoms with Gasteiger partial charge in [-0.25, -0.2) is 8.78 Å². The standard InChI is InChI=1S/C18H15F5N4/c1-9(19)16(18(21,22)23)13(8-24-3)12-6-11-4-5-15-26-25-10(2)27(15)17(11)14(20)7-12/h6-8H,1,4-5H2,2-3H3/b16-13-,24-8?. The Labute approximate surface area is 151 Å². The van der Waals surface area contributed by atoms with Gasteiger partial charge >= 0.3 is 6.18 Å². The van der Waals surface area contributed by atoms with E-state index in [0.717, 1.165) is 12.3 Å². The number of aliphatic imine (C=N–C) groups is 1. The third-order valence-corrected chi connectivity index (χ3v) is 4.27. The number of nitrogens with zero attached hydrogens (tertiary/aromatic N) is 4. The lowest BCUT2D eigenvalue weighted by molar-refractivity contribution is -0.0902. The highest BCUT2D eigenvalue weighted by Gasteiger charge is 2.39. The average Bonchev–Trinajstić information content (AvgIpc) is 2.94. The summed E-state index contributed by atoms with van der Waals surface area (Å²) in [5.74, 6) is -1.37. The zero-order valence-corrected chi connectivity index (χ0v) is 14.5. The molecule has 0 N–H and O–H groups in total. The van der Waals surface area contributed by atoms with Gasteiger partial charge in [0.15, 0.2) is 0 Å². The fraction of sp³-hybridized carbons (Fsp3) is 0.278. The fourth-order valence-corrected chi connectivity index (χ4v) is 3.22. The summed E-state index contributed by atoms with van der Waals surface area (Å²) in [6, 6.07) is 2.34. The predicted molar refractivity (Wildman–Crippen MR) is 91.1 cm³/mol. The molecule has 1 aromatic heterocycles. The maximum Gasteiger partial charge on any atom is 0.419 e. The Balaban J connectivity index is 2.28. The second-order valence-corrected chi connectivity index (χ2v) is 6.04. The average molecular weight is 382 g/mol. The smallest absolute Gasteiger partial charge is 0.296 e. The zero-order chi connectivity index (χ0) is 19.9. The van der Waals surface area contributed by atoms with E-state index in [9.17, 15) is 22.0 Å². The van der Waals surface area contributed by atoms with Crippen LogP contribution in [0, 0.1) is 12.7 Å². The van der Waals surface area contributed by atoms with Crippen LogP contribution in [0.25, 0.3) is 11.3 Å². The van der Waals surface area contributed by atoms with Crippen molar-refractivity contribution in [1.29, 1.82) is 0 Å². The van der Waals surface area contributed by atoms with Gasteiger partial charge in [-0.3, -0.25) is 9.56 Å². The number of halogens is 5. The molecule has 1 aliphatic heterocycles. The Hall–Kier alpha value is -2.84. The molecule has 0 fully saturated rings. The molecule has 9 heteroatoms. The van der Waals surface area contributed by atoms with Crippen molar-refractivity contribution in [2.75, 3.05) is 7.05 Å². The number of fused-ring (bicyclic) bond motifs is 3. The van der Waals surface area contributed by atoms with Crippen LogP contribution in [-0.4, -0.2) is 34.2 Å². The maximum atomic E-state index is 14.9. The molecule has 2 aromatic rings. The third kappa shape index (κ3) is 3.29. The van der Waals surface area contributed by atoms with Crippen molar-refractivity contribution in [1.82, 2.24) is 14.8 Å². The first-order chi connectivity index (χ1) is 12.6. The first kappa shape index (κ1) is 18.9. The van der Waals surface area contributed by atoms with Gasteiger partial charge in [-0.2, -0.15) is 13.2 Å². The second-order valence-electron chi connectivity index (χ2n) is 6.04. The van der Waals surface area contributed by atoms with Gasteiger partial charge in [0.1, 0.15) is 23.3 Å². The zero-order valence-electron chi connectivity index (χ0n) is 14.5. The number of allylic oxidation sites excluding steroid dienone is 3. The molecule has 0 aliphatic carbocycles. The van der Waals surface area contributed by atoms with Crippen molar-refractivity contribution >= 4 is 11.8 Å². The number of alkyl halides is 3. The van der Waals surface area contributed by atoms with Crippen molar-refractivity contribution in [2.24, 2.45) is 4.99 Å². The monoisotopic (exact) mass is 382 g/mol. The van der Waals surface area contributed by atoms with Crippen LogP contribution in [-0.2, 0) is 12.8 Å². The normalized spacial score (nSPS) is 14.8. The van der Waals surface area contributed by atoms with Gasteiger partial charge in [-0.05, 0) is 36.6 Å². The number of hydrogen-bond acceptors (Lipinski definition) is 3. The lowest BCUT2D eigenvalue weighted by Crippen LogP contribution is -2.18. The molecule has 142 valence electrons. The van der Waals surface area contributed by atoms with E-state index in [4.69, 9.17) is 0 Å². The number of aromatic nitrogens is 3. The summed E-state index contributed by atoms with van der Waals surface area (Å²) in [6.07, 6.45) is -3.33.